The zero-order valence-electron chi connectivity index (χ0n) is 15.6. The number of rotatable bonds is 3. The molecule has 3 aromatic rings. The Morgan fingerprint density at radius 2 is 1.46 bits per heavy atom. The Hall–Kier alpha value is -2.79. The van der Waals surface area contributed by atoms with E-state index in [0.29, 0.717) is 0 Å². The van der Waals surface area contributed by atoms with Crippen LogP contribution < -0.4 is 5.32 Å². The van der Waals surface area contributed by atoms with E-state index >= 15 is 0 Å². The fourth-order valence-electron chi connectivity index (χ4n) is 4.07. The minimum absolute atomic E-state index is 0.143. The normalized spacial score (nSPS) is 14.6. The topological polar surface area (TPSA) is 69.6 Å². The van der Waals surface area contributed by atoms with E-state index in [2.05, 4.69) is 34.2 Å². The standard InChI is InChI=1S/C23H20BrNO3/c1-3-14-12-19-21(13(2)20(14)24)25-22(28)23(19,15-4-8-17(26)9-5-15)16-6-10-18(27)11-7-16/h4-12,26-27H,3H2,1-2H3,(H,25,28). The van der Waals surface area contributed by atoms with Gasteiger partial charge in [-0.3, -0.25) is 4.79 Å². The third kappa shape index (κ3) is 2.53. The summed E-state index contributed by atoms with van der Waals surface area (Å²) >= 11 is 3.67. The van der Waals surface area contributed by atoms with Gasteiger partial charge < -0.3 is 15.5 Å². The maximum absolute atomic E-state index is 13.5. The van der Waals surface area contributed by atoms with Crippen LogP contribution in [-0.4, -0.2) is 16.1 Å². The highest BCUT2D eigenvalue weighted by Crippen LogP contribution is 2.51. The smallest absolute Gasteiger partial charge is 0.244 e. The number of carbonyl (C=O) groups is 1. The van der Waals surface area contributed by atoms with Crippen LogP contribution in [0.25, 0.3) is 0 Å². The largest absolute Gasteiger partial charge is 0.508 e. The van der Waals surface area contributed by atoms with E-state index in [9.17, 15) is 15.0 Å². The molecule has 5 heteroatoms. The first-order chi connectivity index (χ1) is 13.4. The van der Waals surface area contributed by atoms with Crippen molar-refractivity contribution in [2.75, 3.05) is 5.32 Å². The highest BCUT2D eigenvalue weighted by atomic mass is 79.9. The molecule has 1 heterocycles. The molecule has 0 atom stereocenters. The van der Waals surface area contributed by atoms with Gasteiger partial charge in [0.25, 0.3) is 0 Å². The highest BCUT2D eigenvalue weighted by molar-refractivity contribution is 9.10. The van der Waals surface area contributed by atoms with Crippen molar-refractivity contribution < 1.29 is 15.0 Å². The Morgan fingerprint density at radius 3 is 1.93 bits per heavy atom. The monoisotopic (exact) mass is 437 g/mol. The minimum atomic E-state index is -1.06. The third-order valence-corrected chi connectivity index (χ3v) is 6.64. The summed E-state index contributed by atoms with van der Waals surface area (Å²) in [6, 6.07) is 15.6. The molecule has 4 nitrogen and oxygen atoms in total. The number of aromatic hydroxyl groups is 2. The number of amides is 1. The van der Waals surface area contributed by atoms with E-state index in [-0.39, 0.29) is 17.4 Å². The molecule has 1 amide bonds. The fourth-order valence-corrected chi connectivity index (χ4v) is 4.66. The summed E-state index contributed by atoms with van der Waals surface area (Å²) in [5.74, 6) is 0.135. The van der Waals surface area contributed by atoms with Crippen LogP contribution in [0.15, 0.2) is 59.1 Å². The number of phenols is 2. The molecule has 0 fully saturated rings. The highest BCUT2D eigenvalue weighted by Gasteiger charge is 2.50. The Morgan fingerprint density at radius 1 is 0.964 bits per heavy atom. The molecule has 142 valence electrons. The average molecular weight is 438 g/mol. The van der Waals surface area contributed by atoms with Gasteiger partial charge in [0.1, 0.15) is 16.9 Å². The molecular formula is C23H20BrNO3. The van der Waals surface area contributed by atoms with E-state index in [0.717, 1.165) is 44.4 Å². The Kier molecular flexibility index (Phi) is 4.42. The molecule has 0 radical (unpaired) electrons. The van der Waals surface area contributed by atoms with Crippen molar-refractivity contribution >= 4 is 27.5 Å². The van der Waals surface area contributed by atoms with Crippen molar-refractivity contribution in [2.24, 2.45) is 0 Å². The summed E-state index contributed by atoms with van der Waals surface area (Å²) in [5, 5.41) is 22.6. The van der Waals surface area contributed by atoms with Crippen LogP contribution in [0.2, 0.25) is 0 Å². The number of fused-ring (bicyclic) bond motifs is 1. The van der Waals surface area contributed by atoms with Crippen molar-refractivity contribution in [1.29, 1.82) is 0 Å². The summed E-state index contributed by atoms with van der Waals surface area (Å²) in [4.78, 5) is 13.5. The molecule has 1 aliphatic rings. The molecule has 4 rings (SSSR count). The number of carbonyl (C=O) groups excluding carboxylic acids is 1. The molecule has 3 aromatic carbocycles. The molecule has 1 aliphatic heterocycles. The fraction of sp³-hybridized carbons (Fsp3) is 0.174. The molecule has 0 saturated carbocycles. The van der Waals surface area contributed by atoms with Gasteiger partial charge in [0, 0.05) is 15.7 Å². The van der Waals surface area contributed by atoms with Gasteiger partial charge in [-0.2, -0.15) is 0 Å². The molecule has 0 saturated heterocycles. The number of halogens is 1. The Bertz CT molecular complexity index is 1030. The van der Waals surface area contributed by atoms with Crippen molar-refractivity contribution in [3.63, 3.8) is 0 Å². The number of aryl methyl sites for hydroxylation is 1. The van der Waals surface area contributed by atoms with Gasteiger partial charge in [0.05, 0.1) is 0 Å². The van der Waals surface area contributed by atoms with Gasteiger partial charge in [0.15, 0.2) is 0 Å². The van der Waals surface area contributed by atoms with Crippen LogP contribution in [0.3, 0.4) is 0 Å². The molecule has 28 heavy (non-hydrogen) atoms. The zero-order chi connectivity index (χ0) is 20.1. The summed E-state index contributed by atoms with van der Waals surface area (Å²) < 4.78 is 1.00. The van der Waals surface area contributed by atoms with Gasteiger partial charge in [-0.1, -0.05) is 53.2 Å². The molecule has 0 aromatic heterocycles. The summed E-state index contributed by atoms with van der Waals surface area (Å²) in [7, 11) is 0. The number of benzene rings is 3. The molecule has 0 bridgehead atoms. The van der Waals surface area contributed by atoms with Crippen LogP contribution in [0.1, 0.15) is 34.7 Å². The predicted octanol–water partition coefficient (Wildman–Crippen LogP) is 5.02. The number of anilines is 1. The number of hydrogen-bond donors (Lipinski definition) is 3. The second-order valence-corrected chi connectivity index (χ2v) is 7.84. The number of phenolic OH excluding ortho intramolecular Hbond substituents is 2. The van der Waals surface area contributed by atoms with Gasteiger partial charge in [0.2, 0.25) is 5.91 Å². The lowest BCUT2D eigenvalue weighted by Gasteiger charge is -2.29. The Balaban J connectivity index is 2.11. The predicted molar refractivity (Wildman–Crippen MR) is 113 cm³/mol. The van der Waals surface area contributed by atoms with Gasteiger partial charge in [-0.25, -0.2) is 0 Å². The second-order valence-electron chi connectivity index (χ2n) is 7.05. The van der Waals surface area contributed by atoms with E-state index in [1.165, 1.54) is 0 Å². The zero-order valence-corrected chi connectivity index (χ0v) is 17.2. The molecule has 3 N–H and O–H groups in total. The van der Waals surface area contributed by atoms with Crippen LogP contribution in [-0.2, 0) is 16.6 Å². The van der Waals surface area contributed by atoms with Crippen LogP contribution in [0.4, 0.5) is 5.69 Å². The summed E-state index contributed by atoms with van der Waals surface area (Å²) in [6.45, 7) is 4.07. The second kappa shape index (κ2) is 6.67. The van der Waals surface area contributed by atoms with Crippen molar-refractivity contribution in [3.05, 3.63) is 86.9 Å². The molecule has 0 spiro atoms. The number of nitrogens with one attached hydrogen (secondary N) is 1. The first kappa shape index (κ1) is 18.6. The Labute approximate surface area is 172 Å². The number of hydrogen-bond acceptors (Lipinski definition) is 3. The van der Waals surface area contributed by atoms with E-state index in [1.54, 1.807) is 48.5 Å². The average Bonchev–Trinajstić information content (AvgIpc) is 2.99. The van der Waals surface area contributed by atoms with Crippen molar-refractivity contribution in [1.82, 2.24) is 0 Å². The van der Waals surface area contributed by atoms with E-state index in [1.807, 2.05) is 6.92 Å². The molecule has 0 unspecified atom stereocenters. The SMILES string of the molecule is CCc1cc2c(c(C)c1Br)NC(=O)C2(c1ccc(O)cc1)c1ccc(O)cc1. The lowest BCUT2D eigenvalue weighted by molar-refractivity contribution is -0.118. The minimum Gasteiger partial charge on any atom is -0.508 e. The molecular weight excluding hydrogens is 418 g/mol. The van der Waals surface area contributed by atoms with Crippen molar-refractivity contribution in [2.45, 2.75) is 25.7 Å². The summed E-state index contributed by atoms with van der Waals surface area (Å²) in [6.07, 6.45) is 0.824. The van der Waals surface area contributed by atoms with E-state index < -0.39 is 5.41 Å². The molecule has 0 aliphatic carbocycles. The lowest BCUT2D eigenvalue weighted by atomic mass is 9.69. The van der Waals surface area contributed by atoms with Gasteiger partial charge in [-0.15, -0.1) is 0 Å². The van der Waals surface area contributed by atoms with Crippen molar-refractivity contribution in [3.8, 4) is 11.5 Å². The van der Waals surface area contributed by atoms with Gasteiger partial charge >= 0.3 is 0 Å². The quantitative estimate of drug-likeness (QED) is 0.538. The lowest BCUT2D eigenvalue weighted by Crippen LogP contribution is -2.37. The van der Waals surface area contributed by atoms with E-state index in [4.69, 9.17) is 0 Å². The maximum Gasteiger partial charge on any atom is 0.244 e. The summed E-state index contributed by atoms with van der Waals surface area (Å²) in [5.41, 5.74) is 4.25. The maximum atomic E-state index is 13.5. The van der Waals surface area contributed by atoms with Gasteiger partial charge in [-0.05, 0) is 59.9 Å². The third-order valence-electron chi connectivity index (χ3n) is 5.54. The van der Waals surface area contributed by atoms with Crippen LogP contribution in [0.5, 0.6) is 11.5 Å². The first-order valence-electron chi connectivity index (χ1n) is 9.12. The van der Waals surface area contributed by atoms with Crippen LogP contribution >= 0.6 is 15.9 Å². The van der Waals surface area contributed by atoms with Crippen LogP contribution in [0, 0.1) is 6.92 Å². The first-order valence-corrected chi connectivity index (χ1v) is 9.91.